The molecule has 1 saturated heterocycles. The number of nitrogens with two attached hydrogens (primary N) is 1. The Morgan fingerprint density at radius 1 is 1.15 bits per heavy atom. The van der Waals surface area contributed by atoms with E-state index in [0.717, 1.165) is 38.0 Å². The summed E-state index contributed by atoms with van der Waals surface area (Å²) in [5.74, 6) is 1.07. The molecule has 1 heterocycles. The number of rotatable bonds is 5. The number of hydrogen-bond donors (Lipinski definition) is 1. The van der Waals surface area contributed by atoms with Crippen LogP contribution in [0.5, 0.6) is 0 Å². The highest BCUT2D eigenvalue weighted by atomic mass is 19.1. The maximum absolute atomic E-state index is 13.2. The second-order valence-corrected chi connectivity index (χ2v) is 8.75. The Morgan fingerprint density at radius 2 is 1.81 bits per heavy atom. The summed E-state index contributed by atoms with van der Waals surface area (Å²) in [7, 11) is 0. The minimum atomic E-state index is -0.236. The molecule has 1 unspecified atom stereocenters. The van der Waals surface area contributed by atoms with Crippen molar-refractivity contribution in [2.45, 2.75) is 64.6 Å². The van der Waals surface area contributed by atoms with E-state index in [-0.39, 0.29) is 17.8 Å². The quantitative estimate of drug-likeness (QED) is 0.858. The van der Waals surface area contributed by atoms with E-state index in [0.29, 0.717) is 30.8 Å². The lowest BCUT2D eigenvalue weighted by Gasteiger charge is -2.36. The summed E-state index contributed by atoms with van der Waals surface area (Å²) < 4.78 is 13.2. The van der Waals surface area contributed by atoms with Crippen molar-refractivity contribution < 1.29 is 9.18 Å². The predicted molar refractivity (Wildman–Crippen MR) is 107 cm³/mol. The molecule has 150 valence electrons. The van der Waals surface area contributed by atoms with E-state index in [1.54, 1.807) is 12.1 Å². The SMILES string of the molecule is CC(C)C1CN(CC2CCC(N)CC2)CCC(=O)N1Cc1ccc(F)cc1. The van der Waals surface area contributed by atoms with Crippen molar-refractivity contribution in [3.63, 3.8) is 0 Å². The van der Waals surface area contributed by atoms with Crippen molar-refractivity contribution >= 4 is 5.91 Å². The number of hydrogen-bond acceptors (Lipinski definition) is 3. The van der Waals surface area contributed by atoms with Crippen molar-refractivity contribution in [1.82, 2.24) is 9.80 Å². The normalized spacial score (nSPS) is 27.8. The third-order valence-corrected chi connectivity index (χ3v) is 6.25. The van der Waals surface area contributed by atoms with Gasteiger partial charge >= 0.3 is 0 Å². The van der Waals surface area contributed by atoms with Crippen LogP contribution in [0, 0.1) is 17.7 Å². The lowest BCUT2D eigenvalue weighted by Crippen LogP contribution is -2.46. The molecule has 1 amide bonds. The van der Waals surface area contributed by atoms with Crippen molar-refractivity contribution in [1.29, 1.82) is 0 Å². The fraction of sp³-hybridized carbons (Fsp3) is 0.682. The fourth-order valence-electron chi connectivity index (χ4n) is 4.50. The van der Waals surface area contributed by atoms with E-state index >= 15 is 0 Å². The minimum absolute atomic E-state index is 0.191. The lowest BCUT2D eigenvalue weighted by molar-refractivity contribution is -0.134. The molecule has 2 aliphatic rings. The van der Waals surface area contributed by atoms with Crippen LogP contribution in [0.3, 0.4) is 0 Å². The number of halogens is 1. The van der Waals surface area contributed by atoms with Gasteiger partial charge in [0.25, 0.3) is 0 Å². The summed E-state index contributed by atoms with van der Waals surface area (Å²) >= 11 is 0. The van der Waals surface area contributed by atoms with E-state index in [9.17, 15) is 9.18 Å². The van der Waals surface area contributed by atoms with Gasteiger partial charge in [-0.3, -0.25) is 4.79 Å². The number of nitrogens with zero attached hydrogens (tertiary/aromatic N) is 2. The van der Waals surface area contributed by atoms with Crippen molar-refractivity contribution in [3.8, 4) is 0 Å². The molecule has 0 aromatic heterocycles. The molecule has 1 aromatic rings. The highest BCUT2D eigenvalue weighted by Gasteiger charge is 2.32. The van der Waals surface area contributed by atoms with Gasteiger partial charge in [0.15, 0.2) is 0 Å². The van der Waals surface area contributed by atoms with Crippen LogP contribution < -0.4 is 5.73 Å². The zero-order chi connectivity index (χ0) is 19.4. The second kappa shape index (κ2) is 9.16. The van der Waals surface area contributed by atoms with Gasteiger partial charge in [0.1, 0.15) is 5.82 Å². The molecule has 27 heavy (non-hydrogen) atoms. The van der Waals surface area contributed by atoms with E-state index < -0.39 is 0 Å². The Kier molecular flexibility index (Phi) is 6.88. The Balaban J connectivity index is 1.67. The smallest absolute Gasteiger partial charge is 0.224 e. The van der Waals surface area contributed by atoms with Gasteiger partial charge in [-0.25, -0.2) is 4.39 Å². The van der Waals surface area contributed by atoms with Crippen LogP contribution in [0.2, 0.25) is 0 Å². The molecule has 4 nitrogen and oxygen atoms in total. The highest BCUT2D eigenvalue weighted by Crippen LogP contribution is 2.26. The van der Waals surface area contributed by atoms with E-state index in [1.807, 2.05) is 4.90 Å². The molecular formula is C22H34FN3O. The third kappa shape index (κ3) is 5.52. The van der Waals surface area contributed by atoms with Crippen molar-refractivity contribution in [3.05, 3.63) is 35.6 Å². The molecule has 2 fully saturated rings. The molecule has 3 rings (SSSR count). The first-order valence-electron chi connectivity index (χ1n) is 10.4. The number of benzene rings is 1. The Bertz CT molecular complexity index is 610. The molecule has 1 aliphatic heterocycles. The summed E-state index contributed by atoms with van der Waals surface area (Å²) in [6.07, 6.45) is 5.23. The van der Waals surface area contributed by atoms with Crippen LogP contribution in [0.15, 0.2) is 24.3 Å². The molecule has 0 radical (unpaired) electrons. The van der Waals surface area contributed by atoms with Crippen LogP contribution in [0.1, 0.15) is 51.5 Å². The first-order chi connectivity index (χ1) is 12.9. The van der Waals surface area contributed by atoms with Gasteiger partial charge in [-0.2, -0.15) is 0 Å². The lowest BCUT2D eigenvalue weighted by atomic mass is 9.86. The molecule has 0 spiro atoms. The number of amides is 1. The first kappa shape index (κ1) is 20.3. The number of carbonyl (C=O) groups excluding carboxylic acids is 1. The standard InChI is InChI=1S/C22H34FN3O/c1-16(2)21-15-25(13-17-5-9-20(24)10-6-17)12-11-22(27)26(21)14-18-3-7-19(23)8-4-18/h3-4,7-8,16-17,20-21H,5-6,9-15,24H2,1-2H3. The number of carbonyl (C=O) groups is 1. The van der Waals surface area contributed by atoms with Gasteiger partial charge in [-0.05, 0) is 55.2 Å². The van der Waals surface area contributed by atoms with Gasteiger partial charge in [0.2, 0.25) is 5.91 Å². The predicted octanol–water partition coefficient (Wildman–Crippen LogP) is 3.40. The van der Waals surface area contributed by atoms with Crippen LogP contribution in [-0.4, -0.2) is 47.4 Å². The Labute approximate surface area is 162 Å². The Hall–Kier alpha value is -1.46. The van der Waals surface area contributed by atoms with E-state index in [1.165, 1.54) is 25.0 Å². The van der Waals surface area contributed by atoms with Crippen LogP contribution in [0.4, 0.5) is 4.39 Å². The zero-order valence-electron chi connectivity index (χ0n) is 16.7. The molecular weight excluding hydrogens is 341 g/mol. The van der Waals surface area contributed by atoms with Gasteiger partial charge in [-0.15, -0.1) is 0 Å². The van der Waals surface area contributed by atoms with Crippen molar-refractivity contribution in [2.24, 2.45) is 17.6 Å². The average Bonchev–Trinajstić information content (AvgIpc) is 2.79. The van der Waals surface area contributed by atoms with Gasteiger partial charge < -0.3 is 15.5 Å². The molecule has 1 aliphatic carbocycles. The fourth-order valence-corrected chi connectivity index (χ4v) is 4.50. The molecule has 0 bridgehead atoms. The zero-order valence-corrected chi connectivity index (χ0v) is 16.7. The monoisotopic (exact) mass is 375 g/mol. The second-order valence-electron chi connectivity index (χ2n) is 8.75. The summed E-state index contributed by atoms with van der Waals surface area (Å²) in [5, 5.41) is 0. The largest absolute Gasteiger partial charge is 0.334 e. The van der Waals surface area contributed by atoms with Crippen LogP contribution in [-0.2, 0) is 11.3 Å². The van der Waals surface area contributed by atoms with Crippen LogP contribution >= 0.6 is 0 Å². The van der Waals surface area contributed by atoms with Crippen molar-refractivity contribution in [2.75, 3.05) is 19.6 Å². The molecule has 1 saturated carbocycles. The summed E-state index contributed by atoms with van der Waals surface area (Å²) in [6, 6.07) is 7.09. The highest BCUT2D eigenvalue weighted by molar-refractivity contribution is 5.77. The average molecular weight is 376 g/mol. The van der Waals surface area contributed by atoms with Gasteiger partial charge in [0.05, 0.1) is 0 Å². The molecule has 5 heteroatoms. The summed E-state index contributed by atoms with van der Waals surface area (Å²) in [4.78, 5) is 17.4. The molecule has 2 N–H and O–H groups in total. The molecule has 1 atom stereocenters. The minimum Gasteiger partial charge on any atom is -0.334 e. The molecule has 1 aromatic carbocycles. The van der Waals surface area contributed by atoms with E-state index in [4.69, 9.17) is 5.73 Å². The van der Waals surface area contributed by atoms with E-state index in [2.05, 4.69) is 18.7 Å². The van der Waals surface area contributed by atoms with Crippen LogP contribution in [0.25, 0.3) is 0 Å². The maximum atomic E-state index is 13.2. The maximum Gasteiger partial charge on any atom is 0.224 e. The third-order valence-electron chi connectivity index (χ3n) is 6.25. The van der Waals surface area contributed by atoms with Gasteiger partial charge in [-0.1, -0.05) is 26.0 Å². The topological polar surface area (TPSA) is 49.6 Å². The Morgan fingerprint density at radius 3 is 2.44 bits per heavy atom. The summed E-state index contributed by atoms with van der Waals surface area (Å²) in [6.45, 7) is 7.79. The summed E-state index contributed by atoms with van der Waals surface area (Å²) in [5.41, 5.74) is 7.04. The van der Waals surface area contributed by atoms with Gasteiger partial charge in [0, 0.05) is 44.7 Å². The first-order valence-corrected chi connectivity index (χ1v) is 10.4.